The van der Waals surface area contributed by atoms with Gasteiger partial charge >= 0.3 is 0 Å². The lowest BCUT2D eigenvalue weighted by atomic mass is 9.96. The van der Waals surface area contributed by atoms with Crippen LogP contribution in [0.1, 0.15) is 38.7 Å². The Kier molecular flexibility index (Phi) is 9.19. The molecule has 1 saturated heterocycles. The molecule has 0 aliphatic carbocycles. The van der Waals surface area contributed by atoms with Crippen LogP contribution in [0.15, 0.2) is 18.2 Å². The molecule has 2 amide bonds. The summed E-state index contributed by atoms with van der Waals surface area (Å²) < 4.78 is 5.46. The Morgan fingerprint density at radius 2 is 2.00 bits per heavy atom. The lowest BCUT2D eigenvalue weighted by Gasteiger charge is -2.30. The van der Waals surface area contributed by atoms with E-state index in [4.69, 9.17) is 4.74 Å². The van der Waals surface area contributed by atoms with Crippen molar-refractivity contribution in [2.24, 2.45) is 5.92 Å². The largest absolute Gasteiger partial charge is 0.379 e. The zero-order valence-corrected chi connectivity index (χ0v) is 18.0. The Balaban J connectivity index is 1.69. The lowest BCUT2D eigenvalue weighted by molar-refractivity contribution is -0.384. The number of non-ortho nitro benzene ring substituents is 1. The number of hydrogen-bond donors (Lipinski definition) is 2. The molecule has 166 valence electrons. The van der Waals surface area contributed by atoms with Gasteiger partial charge in [0.05, 0.1) is 17.6 Å². The fourth-order valence-electron chi connectivity index (χ4n) is 3.39. The quantitative estimate of drug-likeness (QED) is 0.341. The van der Waals surface area contributed by atoms with Crippen molar-refractivity contribution in [1.29, 1.82) is 0 Å². The van der Waals surface area contributed by atoms with Crippen LogP contribution in [0.25, 0.3) is 0 Å². The van der Waals surface area contributed by atoms with Crippen molar-refractivity contribution < 1.29 is 19.2 Å². The summed E-state index contributed by atoms with van der Waals surface area (Å²) in [5.41, 5.74) is 1.21. The molecule has 0 radical (unpaired) electrons. The second kappa shape index (κ2) is 11.6. The van der Waals surface area contributed by atoms with Crippen LogP contribution >= 0.6 is 0 Å². The van der Waals surface area contributed by atoms with Gasteiger partial charge in [-0.1, -0.05) is 0 Å². The van der Waals surface area contributed by atoms with Crippen LogP contribution in [0, 0.1) is 23.0 Å². The Hall–Kier alpha value is -2.52. The highest BCUT2D eigenvalue weighted by Gasteiger charge is 2.25. The first-order valence-corrected chi connectivity index (χ1v) is 10.4. The highest BCUT2D eigenvalue weighted by molar-refractivity contribution is 5.93. The number of carbonyl (C=O) groups is 2. The van der Waals surface area contributed by atoms with E-state index >= 15 is 0 Å². The number of benzene rings is 1. The highest BCUT2D eigenvalue weighted by atomic mass is 16.6. The van der Waals surface area contributed by atoms with Crippen molar-refractivity contribution >= 4 is 23.2 Å². The number of amides is 2. The SMILES string of the molecule is Cc1cc([N+](=O)[O-])ccc1NC(=O)CN1CCC(C(=O)NCCCOC(C)C)CC1. The van der Waals surface area contributed by atoms with E-state index in [1.807, 2.05) is 18.7 Å². The number of aryl methyl sites for hydroxylation is 1. The van der Waals surface area contributed by atoms with E-state index in [0.717, 1.165) is 19.3 Å². The smallest absolute Gasteiger partial charge is 0.269 e. The molecule has 1 aliphatic heterocycles. The maximum absolute atomic E-state index is 12.3. The van der Waals surface area contributed by atoms with E-state index in [2.05, 4.69) is 10.6 Å². The predicted molar refractivity (Wildman–Crippen MR) is 114 cm³/mol. The number of piperidine rings is 1. The van der Waals surface area contributed by atoms with E-state index in [9.17, 15) is 19.7 Å². The molecule has 0 spiro atoms. The monoisotopic (exact) mass is 420 g/mol. The number of carbonyl (C=O) groups excluding carboxylic acids is 2. The van der Waals surface area contributed by atoms with Crippen molar-refractivity contribution in [2.45, 2.75) is 46.1 Å². The molecule has 2 rings (SSSR count). The molecule has 0 atom stereocenters. The van der Waals surface area contributed by atoms with Crippen LogP contribution in [0.2, 0.25) is 0 Å². The number of likely N-dealkylation sites (tertiary alicyclic amines) is 1. The summed E-state index contributed by atoms with van der Waals surface area (Å²) in [6.07, 6.45) is 2.44. The molecule has 9 nitrogen and oxygen atoms in total. The first-order valence-electron chi connectivity index (χ1n) is 10.4. The third-order valence-electron chi connectivity index (χ3n) is 5.09. The van der Waals surface area contributed by atoms with Gasteiger partial charge < -0.3 is 15.4 Å². The minimum atomic E-state index is -0.460. The summed E-state index contributed by atoms with van der Waals surface area (Å²) in [5.74, 6) is -0.114. The zero-order valence-electron chi connectivity index (χ0n) is 18.0. The Labute approximate surface area is 177 Å². The normalized spacial score (nSPS) is 15.2. The van der Waals surface area contributed by atoms with Gasteiger partial charge in [0, 0.05) is 36.9 Å². The van der Waals surface area contributed by atoms with Crippen LogP contribution in [0.3, 0.4) is 0 Å². The Bertz CT molecular complexity index is 745. The summed E-state index contributed by atoms with van der Waals surface area (Å²) >= 11 is 0. The molecule has 0 unspecified atom stereocenters. The van der Waals surface area contributed by atoms with E-state index < -0.39 is 4.92 Å². The molecule has 0 aromatic heterocycles. The van der Waals surface area contributed by atoms with Gasteiger partial charge in [0.2, 0.25) is 11.8 Å². The van der Waals surface area contributed by atoms with Crippen LogP contribution in [-0.4, -0.2) is 60.5 Å². The fraction of sp³-hybridized carbons (Fsp3) is 0.619. The second-order valence-electron chi connectivity index (χ2n) is 7.92. The Morgan fingerprint density at radius 3 is 2.60 bits per heavy atom. The van der Waals surface area contributed by atoms with E-state index in [1.165, 1.54) is 12.1 Å². The van der Waals surface area contributed by atoms with Crippen LogP contribution < -0.4 is 10.6 Å². The summed E-state index contributed by atoms with van der Waals surface area (Å²) in [7, 11) is 0. The van der Waals surface area contributed by atoms with Gasteiger partial charge in [0.15, 0.2) is 0 Å². The van der Waals surface area contributed by atoms with Gasteiger partial charge in [0.25, 0.3) is 5.69 Å². The number of nitro groups is 1. The number of hydrogen-bond acceptors (Lipinski definition) is 6. The summed E-state index contributed by atoms with van der Waals surface area (Å²) in [5, 5.41) is 16.6. The molecule has 2 N–H and O–H groups in total. The van der Waals surface area contributed by atoms with Crippen LogP contribution in [-0.2, 0) is 14.3 Å². The maximum atomic E-state index is 12.3. The minimum absolute atomic E-state index is 0.00158. The topological polar surface area (TPSA) is 114 Å². The van der Waals surface area contributed by atoms with Crippen molar-refractivity contribution in [3.8, 4) is 0 Å². The van der Waals surface area contributed by atoms with E-state index in [-0.39, 0.29) is 36.1 Å². The molecular weight excluding hydrogens is 388 g/mol. The van der Waals surface area contributed by atoms with Gasteiger partial charge in [-0.15, -0.1) is 0 Å². The maximum Gasteiger partial charge on any atom is 0.269 e. The van der Waals surface area contributed by atoms with Crippen molar-refractivity contribution in [3.05, 3.63) is 33.9 Å². The predicted octanol–water partition coefficient (Wildman–Crippen LogP) is 2.49. The van der Waals surface area contributed by atoms with E-state index in [1.54, 1.807) is 13.0 Å². The number of nitrogens with one attached hydrogen (secondary N) is 2. The molecule has 1 fully saturated rings. The van der Waals surface area contributed by atoms with Crippen molar-refractivity contribution in [1.82, 2.24) is 10.2 Å². The molecule has 30 heavy (non-hydrogen) atoms. The fourth-order valence-corrected chi connectivity index (χ4v) is 3.39. The molecule has 0 bridgehead atoms. The number of anilines is 1. The molecule has 0 saturated carbocycles. The van der Waals surface area contributed by atoms with Gasteiger partial charge in [-0.05, 0) is 64.8 Å². The van der Waals surface area contributed by atoms with Gasteiger partial charge in [-0.3, -0.25) is 24.6 Å². The third kappa shape index (κ3) is 7.72. The summed E-state index contributed by atoms with van der Waals surface area (Å²) in [6, 6.07) is 4.37. The lowest BCUT2D eigenvalue weighted by Crippen LogP contribution is -2.43. The molecule has 9 heteroatoms. The molecule has 1 aliphatic rings. The number of nitrogens with zero attached hydrogens (tertiary/aromatic N) is 2. The van der Waals surface area contributed by atoms with Gasteiger partial charge in [-0.25, -0.2) is 0 Å². The van der Waals surface area contributed by atoms with Crippen molar-refractivity contribution in [2.75, 3.05) is 38.1 Å². The van der Waals surface area contributed by atoms with Crippen LogP contribution in [0.4, 0.5) is 11.4 Å². The Morgan fingerprint density at radius 1 is 1.30 bits per heavy atom. The number of ether oxygens (including phenoxy) is 1. The molecular formula is C21H32N4O5. The van der Waals surface area contributed by atoms with Crippen LogP contribution in [0.5, 0.6) is 0 Å². The van der Waals surface area contributed by atoms with Gasteiger partial charge in [-0.2, -0.15) is 0 Å². The minimum Gasteiger partial charge on any atom is -0.379 e. The first-order chi connectivity index (χ1) is 14.3. The average molecular weight is 421 g/mol. The first kappa shape index (κ1) is 23.8. The summed E-state index contributed by atoms with van der Waals surface area (Å²) in [6.45, 7) is 8.54. The molecule has 1 aromatic carbocycles. The van der Waals surface area contributed by atoms with Crippen molar-refractivity contribution in [3.63, 3.8) is 0 Å². The van der Waals surface area contributed by atoms with E-state index in [0.29, 0.717) is 37.5 Å². The second-order valence-corrected chi connectivity index (χ2v) is 7.92. The zero-order chi connectivity index (χ0) is 22.1. The third-order valence-corrected chi connectivity index (χ3v) is 5.09. The van der Waals surface area contributed by atoms with Gasteiger partial charge in [0.1, 0.15) is 0 Å². The summed E-state index contributed by atoms with van der Waals surface area (Å²) in [4.78, 5) is 37.0. The molecule has 1 heterocycles. The highest BCUT2D eigenvalue weighted by Crippen LogP contribution is 2.22. The standard InChI is InChI=1S/C21H32N4O5/c1-15(2)30-12-4-9-22-21(27)17-7-10-24(11-8-17)14-20(26)23-19-6-5-18(25(28)29)13-16(19)3/h5-6,13,15,17H,4,7-12,14H2,1-3H3,(H,22,27)(H,23,26). The average Bonchev–Trinajstić information content (AvgIpc) is 2.69. The molecule has 1 aromatic rings. The number of rotatable bonds is 10. The number of nitro benzene ring substituents is 1.